The molecule has 0 aromatic rings. The van der Waals surface area contributed by atoms with Crippen LogP contribution in [0.4, 0.5) is 0 Å². The van der Waals surface area contributed by atoms with Crippen molar-refractivity contribution in [3.63, 3.8) is 0 Å². The molecule has 2 N–H and O–H groups in total. The summed E-state index contributed by atoms with van der Waals surface area (Å²) in [7, 11) is 0. The Bertz CT molecular complexity index is 297. The van der Waals surface area contributed by atoms with Crippen molar-refractivity contribution in [1.82, 2.24) is 10.6 Å². The Labute approximate surface area is 104 Å². The van der Waals surface area contributed by atoms with Crippen LogP contribution in [0.15, 0.2) is 0 Å². The van der Waals surface area contributed by atoms with E-state index >= 15 is 0 Å². The molecule has 1 spiro atoms. The van der Waals surface area contributed by atoms with Gasteiger partial charge in [0.25, 0.3) is 0 Å². The molecule has 0 aromatic heterocycles. The third-order valence-corrected chi connectivity index (χ3v) is 5.21. The molecule has 2 aliphatic carbocycles. The highest BCUT2D eigenvalue weighted by atomic mass is 16.2. The maximum absolute atomic E-state index is 11.8. The lowest BCUT2D eigenvalue weighted by molar-refractivity contribution is -0.125. The fourth-order valence-corrected chi connectivity index (χ4v) is 3.99. The molecule has 2 unspecified atom stereocenters. The van der Waals surface area contributed by atoms with E-state index in [-0.39, 0.29) is 11.9 Å². The van der Waals surface area contributed by atoms with E-state index < -0.39 is 0 Å². The highest BCUT2D eigenvalue weighted by Gasteiger charge is 2.47. The van der Waals surface area contributed by atoms with Gasteiger partial charge in [0.2, 0.25) is 5.91 Å². The first-order chi connectivity index (χ1) is 8.30. The zero-order valence-electron chi connectivity index (χ0n) is 10.6. The van der Waals surface area contributed by atoms with Gasteiger partial charge >= 0.3 is 0 Å². The first kappa shape index (κ1) is 11.5. The molecule has 0 bridgehead atoms. The van der Waals surface area contributed by atoms with Crippen molar-refractivity contribution in [3.8, 4) is 0 Å². The molecule has 2 saturated carbocycles. The average molecular weight is 236 g/mol. The molecule has 3 fully saturated rings. The van der Waals surface area contributed by atoms with E-state index in [9.17, 15) is 4.79 Å². The van der Waals surface area contributed by atoms with Gasteiger partial charge in [0.15, 0.2) is 0 Å². The molecule has 0 aromatic carbocycles. The number of hydrogen-bond donors (Lipinski definition) is 2. The smallest absolute Gasteiger partial charge is 0.237 e. The van der Waals surface area contributed by atoms with Crippen molar-refractivity contribution >= 4 is 5.91 Å². The second kappa shape index (κ2) is 4.60. The zero-order valence-corrected chi connectivity index (χ0v) is 10.6. The van der Waals surface area contributed by atoms with Gasteiger partial charge in [-0.3, -0.25) is 4.79 Å². The first-order valence-corrected chi connectivity index (χ1v) is 7.34. The molecular formula is C14H24N2O. The van der Waals surface area contributed by atoms with Crippen LogP contribution in [0, 0.1) is 5.41 Å². The summed E-state index contributed by atoms with van der Waals surface area (Å²) < 4.78 is 0. The van der Waals surface area contributed by atoms with E-state index in [1.54, 1.807) is 0 Å². The molecule has 96 valence electrons. The molecule has 0 radical (unpaired) electrons. The highest BCUT2D eigenvalue weighted by molar-refractivity contribution is 5.82. The molecule has 1 aliphatic heterocycles. The van der Waals surface area contributed by atoms with Gasteiger partial charge in [0.05, 0.1) is 6.04 Å². The molecule has 17 heavy (non-hydrogen) atoms. The van der Waals surface area contributed by atoms with Gasteiger partial charge in [-0.15, -0.1) is 0 Å². The van der Waals surface area contributed by atoms with Gasteiger partial charge in [0, 0.05) is 12.6 Å². The molecule has 1 amide bonds. The summed E-state index contributed by atoms with van der Waals surface area (Å²) in [5, 5.41) is 6.63. The molecule has 2 atom stereocenters. The number of amides is 1. The minimum Gasteiger partial charge on any atom is -0.355 e. The number of piperidine rings is 1. The van der Waals surface area contributed by atoms with Gasteiger partial charge in [-0.1, -0.05) is 19.3 Å². The normalized spacial score (nSPS) is 36.4. The van der Waals surface area contributed by atoms with Crippen molar-refractivity contribution < 1.29 is 4.79 Å². The van der Waals surface area contributed by atoms with Gasteiger partial charge in [-0.25, -0.2) is 0 Å². The number of hydrogen-bond acceptors (Lipinski definition) is 2. The lowest BCUT2D eigenvalue weighted by atomic mass is 9.57. The van der Waals surface area contributed by atoms with Crippen LogP contribution >= 0.6 is 0 Å². The van der Waals surface area contributed by atoms with Gasteiger partial charge in [-0.2, -0.15) is 0 Å². The van der Waals surface area contributed by atoms with Crippen molar-refractivity contribution in [2.45, 2.75) is 69.9 Å². The number of carbonyl (C=O) groups is 1. The maximum Gasteiger partial charge on any atom is 0.237 e. The fourth-order valence-electron chi connectivity index (χ4n) is 3.99. The van der Waals surface area contributed by atoms with Crippen LogP contribution < -0.4 is 10.6 Å². The van der Waals surface area contributed by atoms with Crippen molar-refractivity contribution in [2.75, 3.05) is 6.54 Å². The number of rotatable bonds is 2. The Morgan fingerprint density at radius 1 is 1.06 bits per heavy atom. The Kier molecular flexibility index (Phi) is 3.12. The lowest BCUT2D eigenvalue weighted by Crippen LogP contribution is -2.60. The Morgan fingerprint density at radius 3 is 2.53 bits per heavy atom. The van der Waals surface area contributed by atoms with E-state index in [1.807, 2.05) is 0 Å². The number of nitrogens with one attached hydrogen (secondary N) is 2. The first-order valence-electron chi connectivity index (χ1n) is 7.34. The van der Waals surface area contributed by atoms with Crippen LogP contribution in [0.5, 0.6) is 0 Å². The Morgan fingerprint density at radius 2 is 1.88 bits per heavy atom. The molecule has 1 heterocycles. The standard InChI is InChI=1S/C14H24N2O/c17-13-11(5-4-10-15-13)16-12-6-9-14(12)7-2-1-3-8-14/h11-12,16H,1-10H2,(H,15,17). The maximum atomic E-state index is 11.8. The fraction of sp³-hybridized carbons (Fsp3) is 0.929. The minimum absolute atomic E-state index is 0.0906. The lowest BCUT2D eigenvalue weighted by Gasteiger charge is -2.53. The van der Waals surface area contributed by atoms with Gasteiger partial charge in [-0.05, 0) is 43.9 Å². The summed E-state index contributed by atoms with van der Waals surface area (Å²) in [6.45, 7) is 0.868. The highest BCUT2D eigenvalue weighted by Crippen LogP contribution is 2.51. The summed E-state index contributed by atoms with van der Waals surface area (Å²) in [6, 6.07) is 0.713. The van der Waals surface area contributed by atoms with Gasteiger partial charge in [0.1, 0.15) is 0 Å². The second-order valence-corrected chi connectivity index (χ2v) is 6.17. The van der Waals surface area contributed by atoms with Gasteiger partial charge < -0.3 is 10.6 Å². The van der Waals surface area contributed by atoms with Crippen LogP contribution in [-0.2, 0) is 4.79 Å². The van der Waals surface area contributed by atoms with Crippen molar-refractivity contribution in [2.24, 2.45) is 5.41 Å². The van der Waals surface area contributed by atoms with E-state index in [4.69, 9.17) is 0 Å². The van der Waals surface area contributed by atoms with Crippen molar-refractivity contribution in [1.29, 1.82) is 0 Å². The average Bonchev–Trinajstić information content (AvgIpc) is 2.37. The summed E-state index contributed by atoms with van der Waals surface area (Å²) >= 11 is 0. The Balaban J connectivity index is 1.59. The molecular weight excluding hydrogens is 212 g/mol. The molecule has 1 saturated heterocycles. The SMILES string of the molecule is O=C1NCCCC1NC1CCC12CCCCC2. The third kappa shape index (κ3) is 2.10. The Hall–Kier alpha value is -0.570. The summed E-state index contributed by atoms with van der Waals surface area (Å²) in [6.07, 6.45) is 11.8. The number of carbonyl (C=O) groups excluding carboxylic acids is 1. The zero-order chi connectivity index (χ0) is 11.7. The second-order valence-electron chi connectivity index (χ2n) is 6.17. The predicted molar refractivity (Wildman–Crippen MR) is 67.7 cm³/mol. The van der Waals surface area contributed by atoms with Crippen LogP contribution in [0.1, 0.15) is 57.8 Å². The summed E-state index contributed by atoms with van der Waals surface area (Å²) in [5.41, 5.74) is 0.565. The monoisotopic (exact) mass is 236 g/mol. The van der Waals surface area contributed by atoms with Crippen molar-refractivity contribution in [3.05, 3.63) is 0 Å². The van der Waals surface area contributed by atoms with E-state index in [2.05, 4.69) is 10.6 Å². The third-order valence-electron chi connectivity index (χ3n) is 5.21. The van der Waals surface area contributed by atoms with Crippen LogP contribution in [0.2, 0.25) is 0 Å². The van der Waals surface area contributed by atoms with E-state index in [0.717, 1.165) is 19.4 Å². The molecule has 3 rings (SSSR count). The predicted octanol–water partition coefficient (Wildman–Crippen LogP) is 1.97. The topological polar surface area (TPSA) is 41.1 Å². The quantitative estimate of drug-likeness (QED) is 0.769. The van der Waals surface area contributed by atoms with E-state index in [1.165, 1.54) is 44.9 Å². The molecule has 3 nitrogen and oxygen atoms in total. The molecule has 3 heteroatoms. The van der Waals surface area contributed by atoms with Crippen LogP contribution in [-0.4, -0.2) is 24.5 Å². The van der Waals surface area contributed by atoms with Crippen LogP contribution in [0.3, 0.4) is 0 Å². The van der Waals surface area contributed by atoms with E-state index in [0.29, 0.717) is 11.5 Å². The minimum atomic E-state index is 0.0906. The largest absolute Gasteiger partial charge is 0.355 e. The molecule has 3 aliphatic rings. The summed E-state index contributed by atoms with van der Waals surface area (Å²) in [4.78, 5) is 11.8. The summed E-state index contributed by atoms with van der Waals surface area (Å²) in [5.74, 6) is 0.231. The van der Waals surface area contributed by atoms with Crippen LogP contribution in [0.25, 0.3) is 0 Å².